The molecular weight excluding hydrogens is 764 g/mol. The first kappa shape index (κ1) is 47.5. The zero-order chi connectivity index (χ0) is 43.2. The molecule has 4 fully saturated rings. The molecule has 5 N–H and O–H groups in total. The summed E-state index contributed by atoms with van der Waals surface area (Å²) in [5, 5.41) is 20.3. The van der Waals surface area contributed by atoms with Crippen LogP contribution >= 0.6 is 0 Å². The summed E-state index contributed by atoms with van der Waals surface area (Å²) >= 11 is 0. The Labute approximate surface area is 340 Å². The number of methoxy groups -OCH3 is 2. The van der Waals surface area contributed by atoms with E-state index in [-0.39, 0.29) is 69.4 Å². The fourth-order valence-corrected chi connectivity index (χ4v) is 8.04. The first-order valence-corrected chi connectivity index (χ1v) is 20.1. The minimum atomic E-state index is -0.968. The van der Waals surface area contributed by atoms with Crippen LogP contribution in [0.15, 0.2) is 0 Å². The Morgan fingerprint density at radius 1 is 0.672 bits per heavy atom. The van der Waals surface area contributed by atoms with Crippen LogP contribution in [-0.2, 0) is 61.8 Å². The average Bonchev–Trinajstić information content (AvgIpc) is 3.58. The number of ether oxygens (including phenoxy) is 9. The molecule has 0 spiro atoms. The smallest absolute Gasteiger partial charge is 0.407 e. The highest BCUT2D eigenvalue weighted by atomic mass is 16.8. The molecule has 4 aliphatic heterocycles. The molecule has 332 valence electrons. The van der Waals surface area contributed by atoms with E-state index in [0.29, 0.717) is 0 Å². The van der Waals surface area contributed by atoms with Crippen molar-refractivity contribution in [3.8, 4) is 0 Å². The number of hydrogen-bond acceptors (Lipinski definition) is 14. The minimum absolute atomic E-state index is 0.00141. The van der Waals surface area contributed by atoms with Crippen LogP contribution in [0.4, 0.5) is 4.79 Å². The fourth-order valence-electron chi connectivity index (χ4n) is 8.04. The van der Waals surface area contributed by atoms with Gasteiger partial charge in [0.05, 0.1) is 36.5 Å². The summed E-state index contributed by atoms with van der Waals surface area (Å²) in [4.78, 5) is 63.8. The van der Waals surface area contributed by atoms with Crippen LogP contribution in [-0.4, -0.2) is 141 Å². The normalized spacial score (nSPS) is 32.2. The lowest BCUT2D eigenvalue weighted by atomic mass is 9.85. The van der Waals surface area contributed by atoms with Gasteiger partial charge < -0.3 is 69.0 Å². The quantitative estimate of drug-likeness (QED) is 0.124. The molecule has 4 rings (SSSR count). The molecule has 58 heavy (non-hydrogen) atoms. The predicted octanol–water partition coefficient (Wildman–Crippen LogP) is 2.08. The van der Waals surface area contributed by atoms with Crippen molar-refractivity contribution in [2.45, 2.75) is 179 Å². The zero-order valence-electron chi connectivity index (χ0n) is 35.7. The monoisotopic (exact) mass is 830 g/mol. The Hall–Kier alpha value is -3.17. The van der Waals surface area contributed by atoms with Crippen molar-refractivity contribution in [3.05, 3.63) is 0 Å². The van der Waals surface area contributed by atoms with Crippen molar-refractivity contribution in [1.82, 2.24) is 21.3 Å². The van der Waals surface area contributed by atoms with E-state index in [0.717, 1.165) is 0 Å². The van der Waals surface area contributed by atoms with E-state index >= 15 is 0 Å². The molecule has 2 unspecified atom stereocenters. The number of amides is 4. The third-order valence-electron chi connectivity index (χ3n) is 10.5. The Bertz CT molecular complexity index is 1440. The van der Waals surface area contributed by atoms with E-state index in [2.05, 4.69) is 21.3 Å². The van der Waals surface area contributed by atoms with E-state index in [1.165, 1.54) is 0 Å². The number of carbonyl (C=O) groups excluding carboxylic acids is 4. The summed E-state index contributed by atoms with van der Waals surface area (Å²) < 4.78 is 53.9. The van der Waals surface area contributed by atoms with Crippen molar-refractivity contribution in [3.63, 3.8) is 0 Å². The molecule has 0 aromatic heterocycles. The fraction of sp³-hybridized carbons (Fsp3) is 0.872. The largest absolute Gasteiger partial charge is 0.481 e. The van der Waals surface area contributed by atoms with Crippen molar-refractivity contribution >= 4 is 29.8 Å². The zero-order valence-corrected chi connectivity index (χ0v) is 35.7. The van der Waals surface area contributed by atoms with Crippen molar-refractivity contribution < 1.29 is 71.7 Å². The maximum absolute atomic E-state index is 13.4. The molecule has 0 aromatic carbocycles. The summed E-state index contributed by atoms with van der Waals surface area (Å²) in [5.74, 6) is -4.69. The third-order valence-corrected chi connectivity index (χ3v) is 10.5. The van der Waals surface area contributed by atoms with Gasteiger partial charge in [0.2, 0.25) is 17.7 Å². The van der Waals surface area contributed by atoms with Crippen LogP contribution in [0.1, 0.15) is 101 Å². The summed E-state index contributed by atoms with van der Waals surface area (Å²) in [6.45, 7) is 16.3. The van der Waals surface area contributed by atoms with Crippen LogP contribution in [0, 0.1) is 11.8 Å². The number of rotatable bonds is 18. The minimum Gasteiger partial charge on any atom is -0.481 e. The molecule has 19 nitrogen and oxygen atoms in total. The standard InChI is InChI=1S/C39H66N4O15/c1-20-28(52-34-32(30(20)50-10)54-38(6,7)56-34)22(18-25(45)41-17-13-15-27(47)48)42-24(44)14-12-16-40-26(46)19-23(43-36(49)58-37(3,4)5)29-21(2)31(51-11)33-35(53-29)57-39(8,9)55-33/h20-23,28-35H,12-19H2,1-11H3,(H,40,46)(H,41,45)(H,42,44)(H,43,49)(H,47,48)/t20-,21-,22+,23+,28?,29?,30+,31+,32-,33-,34-,35-/m1/s1. The lowest BCUT2D eigenvalue weighted by Crippen LogP contribution is -2.60. The lowest BCUT2D eigenvalue weighted by Gasteiger charge is -2.43. The third kappa shape index (κ3) is 13.2. The van der Waals surface area contributed by atoms with Crippen molar-refractivity contribution in [1.29, 1.82) is 0 Å². The van der Waals surface area contributed by atoms with Gasteiger partial charge in [-0.25, -0.2) is 4.79 Å². The Kier molecular flexibility index (Phi) is 16.3. The molecule has 4 aliphatic rings. The van der Waals surface area contributed by atoms with Gasteiger partial charge in [0, 0.05) is 64.8 Å². The number of hydrogen-bond donors (Lipinski definition) is 5. The Balaban J connectivity index is 1.38. The van der Waals surface area contributed by atoms with Gasteiger partial charge in [-0.05, 0) is 61.3 Å². The van der Waals surface area contributed by atoms with Gasteiger partial charge in [-0.2, -0.15) is 0 Å². The molecule has 4 amide bonds. The second-order valence-corrected chi connectivity index (χ2v) is 17.4. The van der Waals surface area contributed by atoms with Crippen LogP contribution in [0.5, 0.6) is 0 Å². The van der Waals surface area contributed by atoms with Gasteiger partial charge in [0.25, 0.3) is 0 Å². The second-order valence-electron chi connectivity index (χ2n) is 17.4. The number of fused-ring (bicyclic) bond motifs is 2. The first-order valence-electron chi connectivity index (χ1n) is 20.1. The summed E-state index contributed by atoms with van der Waals surface area (Å²) in [6, 6.07) is -1.65. The van der Waals surface area contributed by atoms with Gasteiger partial charge in [-0.3, -0.25) is 19.2 Å². The number of carboxylic acid groups (broad SMARTS) is 1. The van der Waals surface area contributed by atoms with Crippen molar-refractivity contribution in [2.75, 3.05) is 27.3 Å². The number of alkyl carbamates (subject to hydrolysis) is 1. The van der Waals surface area contributed by atoms with Crippen LogP contribution in [0.2, 0.25) is 0 Å². The highest BCUT2D eigenvalue weighted by Gasteiger charge is 2.56. The van der Waals surface area contributed by atoms with Crippen molar-refractivity contribution in [2.24, 2.45) is 11.8 Å². The van der Waals surface area contributed by atoms with E-state index < -0.39 is 102 Å². The summed E-state index contributed by atoms with van der Waals surface area (Å²) in [7, 11) is 3.11. The average molecular weight is 831 g/mol. The van der Waals surface area contributed by atoms with Gasteiger partial charge in [0.1, 0.15) is 17.8 Å². The van der Waals surface area contributed by atoms with Crippen LogP contribution in [0.3, 0.4) is 0 Å². The highest BCUT2D eigenvalue weighted by molar-refractivity contribution is 5.80. The molecule has 0 aromatic rings. The number of aliphatic carboxylic acids is 1. The summed E-state index contributed by atoms with van der Waals surface area (Å²) in [5.41, 5.74) is -0.793. The molecule has 4 heterocycles. The van der Waals surface area contributed by atoms with E-state index in [9.17, 15) is 24.0 Å². The van der Waals surface area contributed by atoms with Crippen LogP contribution < -0.4 is 21.3 Å². The maximum Gasteiger partial charge on any atom is 0.407 e. The van der Waals surface area contributed by atoms with E-state index in [1.807, 2.05) is 13.8 Å². The molecule has 0 saturated carbocycles. The lowest BCUT2D eigenvalue weighted by molar-refractivity contribution is -0.243. The van der Waals surface area contributed by atoms with Gasteiger partial charge in [-0.1, -0.05) is 13.8 Å². The number of nitrogens with one attached hydrogen (secondary N) is 4. The Morgan fingerprint density at radius 3 is 1.52 bits per heavy atom. The molecule has 19 heteroatoms. The van der Waals surface area contributed by atoms with E-state index in [1.54, 1.807) is 62.7 Å². The second kappa shape index (κ2) is 19.9. The predicted molar refractivity (Wildman–Crippen MR) is 204 cm³/mol. The topological polar surface area (TPSA) is 237 Å². The van der Waals surface area contributed by atoms with Gasteiger partial charge in [-0.15, -0.1) is 0 Å². The number of carbonyl (C=O) groups is 5. The van der Waals surface area contributed by atoms with Gasteiger partial charge >= 0.3 is 12.1 Å². The molecule has 4 saturated heterocycles. The summed E-state index contributed by atoms with van der Waals surface area (Å²) in [6.07, 6.45) is -5.68. The first-order chi connectivity index (χ1) is 27.0. The molecule has 0 aliphatic carbocycles. The maximum atomic E-state index is 13.4. The molecule has 0 radical (unpaired) electrons. The number of carboxylic acids is 1. The molecule has 12 atom stereocenters. The SMILES string of the molecule is CO[C@@H]1[C@H]2OC(C)(C)O[C@H]2OC([C@H](CC(=O)NCCCC(=O)O)NC(=O)CCCNC(=O)C[C@H](NC(=O)OC(C)(C)C)C2O[C@@H]3OC(C)(C)O[C@@H]3[C@@H](OC)[C@@H]2C)[C@H]1C. The molecular formula is C39H66N4O15. The highest BCUT2D eigenvalue weighted by Crippen LogP contribution is 2.42. The Morgan fingerprint density at radius 2 is 1.10 bits per heavy atom. The van der Waals surface area contributed by atoms with Crippen LogP contribution in [0.25, 0.3) is 0 Å². The van der Waals surface area contributed by atoms with E-state index in [4.69, 9.17) is 47.7 Å². The van der Waals surface area contributed by atoms with Gasteiger partial charge in [0.15, 0.2) is 24.2 Å². The molecule has 0 bridgehead atoms.